The first-order chi connectivity index (χ1) is 12.7. The molecule has 26 heavy (non-hydrogen) atoms. The molecule has 0 saturated carbocycles. The predicted octanol–water partition coefficient (Wildman–Crippen LogP) is 4.52. The standard InChI is InChI=1S/C21H20FN3O/c22-17-8-10-18(11-9-17)25-21(26)20-13-12-19(15-24-20)23-14-4-7-16-5-2-1-3-6-16/h1-3,5-6,8-13,15,23H,4,7,14H2,(H,25,26). The molecule has 5 heteroatoms. The van der Waals surface area contributed by atoms with Crippen LogP contribution in [0.4, 0.5) is 15.8 Å². The largest absolute Gasteiger partial charge is 0.384 e. The molecule has 3 aromatic rings. The van der Waals surface area contributed by atoms with E-state index in [0.29, 0.717) is 11.4 Å². The van der Waals surface area contributed by atoms with E-state index in [0.717, 1.165) is 25.1 Å². The highest BCUT2D eigenvalue weighted by Crippen LogP contribution is 2.12. The molecule has 1 amide bonds. The fraction of sp³-hybridized carbons (Fsp3) is 0.143. The van der Waals surface area contributed by atoms with Crippen LogP contribution in [0.25, 0.3) is 0 Å². The van der Waals surface area contributed by atoms with Crippen molar-refractivity contribution in [1.82, 2.24) is 4.98 Å². The number of carbonyl (C=O) groups is 1. The van der Waals surface area contributed by atoms with Crippen molar-refractivity contribution >= 4 is 17.3 Å². The monoisotopic (exact) mass is 349 g/mol. The van der Waals surface area contributed by atoms with E-state index in [4.69, 9.17) is 0 Å². The number of halogens is 1. The highest BCUT2D eigenvalue weighted by molar-refractivity contribution is 6.02. The Bertz CT molecular complexity index is 833. The average molecular weight is 349 g/mol. The minimum atomic E-state index is -0.344. The van der Waals surface area contributed by atoms with Crippen LogP contribution in [-0.4, -0.2) is 17.4 Å². The smallest absolute Gasteiger partial charge is 0.274 e. The van der Waals surface area contributed by atoms with E-state index in [1.807, 2.05) is 24.3 Å². The Morgan fingerprint density at radius 2 is 1.65 bits per heavy atom. The summed E-state index contributed by atoms with van der Waals surface area (Å²) in [6.07, 6.45) is 3.67. The van der Waals surface area contributed by atoms with E-state index in [1.165, 1.54) is 29.8 Å². The minimum absolute atomic E-state index is 0.309. The lowest BCUT2D eigenvalue weighted by Gasteiger charge is -2.08. The van der Waals surface area contributed by atoms with Gasteiger partial charge in [-0.2, -0.15) is 0 Å². The lowest BCUT2D eigenvalue weighted by Crippen LogP contribution is -2.13. The van der Waals surface area contributed by atoms with Crippen LogP contribution < -0.4 is 10.6 Å². The Morgan fingerprint density at radius 1 is 0.923 bits per heavy atom. The Balaban J connectivity index is 1.46. The number of anilines is 2. The van der Waals surface area contributed by atoms with E-state index in [9.17, 15) is 9.18 Å². The molecule has 0 radical (unpaired) electrons. The molecule has 2 aromatic carbocycles. The van der Waals surface area contributed by atoms with Gasteiger partial charge in [0, 0.05) is 12.2 Å². The van der Waals surface area contributed by atoms with Gasteiger partial charge in [0.25, 0.3) is 5.91 Å². The molecule has 1 aromatic heterocycles. The zero-order chi connectivity index (χ0) is 18.2. The molecule has 0 unspecified atom stereocenters. The molecule has 0 saturated heterocycles. The summed E-state index contributed by atoms with van der Waals surface area (Å²) in [6, 6.07) is 19.5. The molecule has 0 bridgehead atoms. The fourth-order valence-corrected chi connectivity index (χ4v) is 2.53. The first-order valence-electron chi connectivity index (χ1n) is 8.51. The Hall–Kier alpha value is -3.21. The number of hydrogen-bond donors (Lipinski definition) is 2. The molecule has 1 heterocycles. The topological polar surface area (TPSA) is 54.0 Å². The zero-order valence-electron chi connectivity index (χ0n) is 14.3. The van der Waals surface area contributed by atoms with Crippen molar-refractivity contribution in [1.29, 1.82) is 0 Å². The molecule has 132 valence electrons. The Kier molecular flexibility index (Phi) is 5.93. The molecular weight excluding hydrogens is 329 g/mol. The molecule has 0 spiro atoms. The third kappa shape index (κ3) is 5.14. The van der Waals surface area contributed by atoms with Crippen molar-refractivity contribution in [2.45, 2.75) is 12.8 Å². The van der Waals surface area contributed by atoms with Gasteiger partial charge in [-0.25, -0.2) is 9.37 Å². The fourth-order valence-electron chi connectivity index (χ4n) is 2.53. The van der Waals surface area contributed by atoms with Gasteiger partial charge in [-0.05, 0) is 54.8 Å². The summed E-state index contributed by atoms with van der Waals surface area (Å²) in [4.78, 5) is 16.3. The quantitative estimate of drug-likeness (QED) is 0.617. The first-order valence-corrected chi connectivity index (χ1v) is 8.51. The van der Waals surface area contributed by atoms with E-state index >= 15 is 0 Å². The number of pyridine rings is 1. The number of rotatable bonds is 7. The number of carbonyl (C=O) groups excluding carboxylic acids is 1. The lowest BCUT2D eigenvalue weighted by atomic mass is 10.1. The van der Waals surface area contributed by atoms with Gasteiger partial charge >= 0.3 is 0 Å². The van der Waals surface area contributed by atoms with Crippen molar-refractivity contribution in [3.05, 3.63) is 90.0 Å². The van der Waals surface area contributed by atoms with Crippen molar-refractivity contribution in [3.8, 4) is 0 Å². The van der Waals surface area contributed by atoms with Gasteiger partial charge in [-0.1, -0.05) is 30.3 Å². The lowest BCUT2D eigenvalue weighted by molar-refractivity contribution is 0.102. The predicted molar refractivity (Wildman–Crippen MR) is 102 cm³/mol. The SMILES string of the molecule is O=C(Nc1ccc(F)cc1)c1ccc(NCCCc2ccccc2)cn1. The molecule has 0 atom stereocenters. The average Bonchev–Trinajstić information content (AvgIpc) is 2.68. The van der Waals surface area contributed by atoms with Crippen molar-refractivity contribution in [2.75, 3.05) is 17.2 Å². The van der Waals surface area contributed by atoms with Crippen LogP contribution >= 0.6 is 0 Å². The van der Waals surface area contributed by atoms with Crippen LogP contribution in [0.1, 0.15) is 22.5 Å². The highest BCUT2D eigenvalue weighted by Gasteiger charge is 2.07. The first kappa shape index (κ1) is 17.6. The van der Waals surface area contributed by atoms with Gasteiger partial charge in [-0.3, -0.25) is 4.79 Å². The van der Waals surface area contributed by atoms with Crippen LogP contribution in [0.15, 0.2) is 72.9 Å². The summed E-state index contributed by atoms with van der Waals surface area (Å²) in [6.45, 7) is 0.831. The van der Waals surface area contributed by atoms with Gasteiger partial charge in [-0.15, -0.1) is 0 Å². The zero-order valence-corrected chi connectivity index (χ0v) is 14.3. The van der Waals surface area contributed by atoms with Crippen LogP contribution in [0.3, 0.4) is 0 Å². The number of benzene rings is 2. The van der Waals surface area contributed by atoms with E-state index in [-0.39, 0.29) is 11.7 Å². The van der Waals surface area contributed by atoms with E-state index in [1.54, 1.807) is 12.3 Å². The third-order valence-electron chi connectivity index (χ3n) is 3.91. The van der Waals surface area contributed by atoms with Gasteiger partial charge in [0.2, 0.25) is 0 Å². The normalized spacial score (nSPS) is 10.3. The van der Waals surface area contributed by atoms with Crippen molar-refractivity contribution in [3.63, 3.8) is 0 Å². The minimum Gasteiger partial charge on any atom is -0.384 e. The summed E-state index contributed by atoms with van der Waals surface area (Å²) < 4.78 is 12.9. The molecule has 0 aliphatic rings. The number of aromatic nitrogens is 1. The second kappa shape index (κ2) is 8.76. The van der Waals surface area contributed by atoms with Gasteiger partial charge < -0.3 is 10.6 Å². The van der Waals surface area contributed by atoms with E-state index in [2.05, 4.69) is 27.8 Å². The number of amides is 1. The van der Waals surface area contributed by atoms with Crippen molar-refractivity contribution in [2.24, 2.45) is 0 Å². The molecule has 2 N–H and O–H groups in total. The molecule has 0 fully saturated rings. The maximum Gasteiger partial charge on any atom is 0.274 e. The number of hydrogen-bond acceptors (Lipinski definition) is 3. The number of aryl methyl sites for hydroxylation is 1. The maximum atomic E-state index is 12.9. The second-order valence-electron chi connectivity index (χ2n) is 5.91. The van der Waals surface area contributed by atoms with Gasteiger partial charge in [0.1, 0.15) is 11.5 Å². The highest BCUT2D eigenvalue weighted by atomic mass is 19.1. The summed E-state index contributed by atoms with van der Waals surface area (Å²) >= 11 is 0. The third-order valence-corrected chi connectivity index (χ3v) is 3.91. The molecule has 3 rings (SSSR count). The van der Waals surface area contributed by atoms with Crippen molar-refractivity contribution < 1.29 is 9.18 Å². The molecule has 0 aliphatic carbocycles. The van der Waals surface area contributed by atoms with Crippen LogP contribution in [0.2, 0.25) is 0 Å². The summed E-state index contributed by atoms with van der Waals surface area (Å²) in [5.41, 5.74) is 3.03. The summed E-state index contributed by atoms with van der Waals surface area (Å²) in [5, 5.41) is 5.99. The Labute approximate surface area is 152 Å². The van der Waals surface area contributed by atoms with Crippen LogP contribution in [-0.2, 0) is 6.42 Å². The van der Waals surface area contributed by atoms with Crippen LogP contribution in [0, 0.1) is 5.82 Å². The molecular formula is C21H20FN3O. The maximum absolute atomic E-state index is 12.9. The number of nitrogens with zero attached hydrogens (tertiary/aromatic N) is 1. The number of nitrogens with one attached hydrogen (secondary N) is 2. The summed E-state index contributed by atoms with van der Waals surface area (Å²) in [5.74, 6) is -0.670. The molecule has 4 nitrogen and oxygen atoms in total. The Morgan fingerprint density at radius 3 is 2.35 bits per heavy atom. The van der Waals surface area contributed by atoms with Gasteiger partial charge in [0.05, 0.1) is 11.9 Å². The second-order valence-corrected chi connectivity index (χ2v) is 5.91. The van der Waals surface area contributed by atoms with Crippen LogP contribution in [0.5, 0.6) is 0 Å². The van der Waals surface area contributed by atoms with Gasteiger partial charge in [0.15, 0.2) is 0 Å². The molecule has 0 aliphatic heterocycles. The summed E-state index contributed by atoms with van der Waals surface area (Å²) in [7, 11) is 0. The van der Waals surface area contributed by atoms with E-state index < -0.39 is 0 Å².